The van der Waals surface area contributed by atoms with Crippen molar-refractivity contribution in [2.24, 2.45) is 5.73 Å². The fourth-order valence-corrected chi connectivity index (χ4v) is 0.648. The molecule has 0 radical (unpaired) electrons. The number of allylic oxidation sites excluding steroid dienone is 1. The Morgan fingerprint density at radius 3 is 1.92 bits per heavy atom. The highest BCUT2D eigenvalue weighted by Gasteiger charge is 2.00. The van der Waals surface area contributed by atoms with Crippen LogP contribution < -0.4 is 5.73 Å². The van der Waals surface area contributed by atoms with Gasteiger partial charge in [0.05, 0.1) is 0 Å². The second-order valence-corrected chi connectivity index (χ2v) is 2.95. The van der Waals surface area contributed by atoms with E-state index in [9.17, 15) is 0 Å². The van der Waals surface area contributed by atoms with Crippen molar-refractivity contribution in [1.82, 2.24) is 0 Å². The largest absolute Gasteiger partial charge is 0.324 e. The van der Waals surface area contributed by atoms with E-state index in [4.69, 9.17) is 5.73 Å². The minimum Gasteiger partial charge on any atom is -0.324 e. The van der Waals surface area contributed by atoms with Crippen molar-refractivity contribution in [3.8, 4) is 0 Å². The monoisotopic (exact) mass is 169 g/mol. The minimum atomic E-state index is 0.150. The van der Waals surface area contributed by atoms with E-state index in [0.717, 1.165) is 18.4 Å². The SMILES string of the molecule is C=C(C)CCC(N)C(=C)C.CC. The Balaban J connectivity index is 0. The van der Waals surface area contributed by atoms with Crippen LogP contribution in [0.3, 0.4) is 0 Å². The molecular formula is C11H23N. The van der Waals surface area contributed by atoms with Gasteiger partial charge in [0, 0.05) is 6.04 Å². The summed E-state index contributed by atoms with van der Waals surface area (Å²) in [5.41, 5.74) is 7.97. The van der Waals surface area contributed by atoms with Crippen LogP contribution in [0.25, 0.3) is 0 Å². The molecule has 1 heteroatoms. The van der Waals surface area contributed by atoms with Crippen LogP contribution in [-0.4, -0.2) is 6.04 Å². The van der Waals surface area contributed by atoms with E-state index in [2.05, 4.69) is 13.2 Å². The Kier molecular flexibility index (Phi) is 9.95. The quantitative estimate of drug-likeness (QED) is 0.642. The molecule has 0 rings (SSSR count). The molecule has 12 heavy (non-hydrogen) atoms. The summed E-state index contributed by atoms with van der Waals surface area (Å²) in [4.78, 5) is 0. The standard InChI is InChI=1S/C9H17N.C2H6/c1-7(2)5-6-9(10)8(3)4;1-2/h9H,1,3,5-6,10H2,2,4H3;1-2H3. The molecule has 0 aromatic carbocycles. The summed E-state index contributed by atoms with van der Waals surface area (Å²) in [7, 11) is 0. The minimum absolute atomic E-state index is 0.150. The molecule has 1 nitrogen and oxygen atoms in total. The first-order valence-corrected chi connectivity index (χ1v) is 4.59. The normalized spacial score (nSPS) is 11.1. The molecule has 0 saturated heterocycles. The summed E-state index contributed by atoms with van der Waals surface area (Å²) in [6.45, 7) is 15.6. The molecule has 0 aromatic heterocycles. The molecule has 1 unspecified atom stereocenters. The van der Waals surface area contributed by atoms with Gasteiger partial charge in [-0.2, -0.15) is 0 Å². The van der Waals surface area contributed by atoms with Gasteiger partial charge in [-0.1, -0.05) is 31.6 Å². The van der Waals surface area contributed by atoms with Crippen LogP contribution in [0.1, 0.15) is 40.5 Å². The highest BCUT2D eigenvalue weighted by atomic mass is 14.6. The summed E-state index contributed by atoms with van der Waals surface area (Å²) < 4.78 is 0. The lowest BCUT2D eigenvalue weighted by Crippen LogP contribution is -2.20. The first-order chi connectivity index (χ1) is 5.54. The van der Waals surface area contributed by atoms with Crippen LogP contribution in [0.15, 0.2) is 24.3 Å². The molecule has 0 spiro atoms. The zero-order valence-corrected chi connectivity index (χ0v) is 8.98. The molecule has 2 N–H and O–H groups in total. The van der Waals surface area contributed by atoms with E-state index >= 15 is 0 Å². The molecule has 0 fully saturated rings. The topological polar surface area (TPSA) is 26.0 Å². The van der Waals surface area contributed by atoms with Crippen LogP contribution >= 0.6 is 0 Å². The Morgan fingerprint density at radius 2 is 1.67 bits per heavy atom. The predicted molar refractivity (Wildman–Crippen MR) is 58.2 cm³/mol. The Bertz CT molecular complexity index is 136. The molecule has 0 aliphatic heterocycles. The third-order valence-electron chi connectivity index (χ3n) is 1.52. The third kappa shape index (κ3) is 9.44. The molecule has 1 atom stereocenters. The lowest BCUT2D eigenvalue weighted by atomic mass is 10.0. The second-order valence-electron chi connectivity index (χ2n) is 2.95. The molecular weight excluding hydrogens is 146 g/mol. The smallest absolute Gasteiger partial charge is 0.0251 e. The second kappa shape index (κ2) is 8.54. The molecule has 0 saturated carbocycles. The van der Waals surface area contributed by atoms with Gasteiger partial charge < -0.3 is 5.73 Å². The molecule has 0 bridgehead atoms. The molecule has 72 valence electrons. The van der Waals surface area contributed by atoms with Crippen molar-refractivity contribution in [2.75, 3.05) is 0 Å². The fraction of sp³-hybridized carbons (Fsp3) is 0.636. The van der Waals surface area contributed by atoms with Crippen molar-refractivity contribution < 1.29 is 0 Å². The van der Waals surface area contributed by atoms with E-state index in [-0.39, 0.29) is 6.04 Å². The van der Waals surface area contributed by atoms with Gasteiger partial charge in [0.2, 0.25) is 0 Å². The van der Waals surface area contributed by atoms with E-state index in [1.807, 2.05) is 27.7 Å². The van der Waals surface area contributed by atoms with Gasteiger partial charge in [0.1, 0.15) is 0 Å². The molecule has 0 amide bonds. The van der Waals surface area contributed by atoms with Gasteiger partial charge in [0.25, 0.3) is 0 Å². The molecule has 0 aromatic rings. The van der Waals surface area contributed by atoms with Crippen molar-refractivity contribution in [1.29, 1.82) is 0 Å². The molecule has 0 aliphatic carbocycles. The zero-order valence-electron chi connectivity index (χ0n) is 8.98. The van der Waals surface area contributed by atoms with Crippen molar-refractivity contribution in [2.45, 2.75) is 46.6 Å². The van der Waals surface area contributed by atoms with E-state index in [0.29, 0.717) is 0 Å². The lowest BCUT2D eigenvalue weighted by molar-refractivity contribution is 0.687. The van der Waals surface area contributed by atoms with E-state index in [1.54, 1.807) is 0 Å². The van der Waals surface area contributed by atoms with Gasteiger partial charge in [-0.25, -0.2) is 0 Å². The van der Waals surface area contributed by atoms with Gasteiger partial charge in [0.15, 0.2) is 0 Å². The summed E-state index contributed by atoms with van der Waals surface area (Å²) in [6.07, 6.45) is 1.98. The third-order valence-corrected chi connectivity index (χ3v) is 1.52. The molecule has 0 aliphatic rings. The lowest BCUT2D eigenvalue weighted by Gasteiger charge is -2.09. The Morgan fingerprint density at radius 1 is 1.25 bits per heavy atom. The maximum absolute atomic E-state index is 5.72. The number of hydrogen-bond acceptors (Lipinski definition) is 1. The van der Waals surface area contributed by atoms with Crippen LogP contribution in [-0.2, 0) is 0 Å². The van der Waals surface area contributed by atoms with E-state index < -0.39 is 0 Å². The van der Waals surface area contributed by atoms with Crippen molar-refractivity contribution in [3.05, 3.63) is 24.3 Å². The summed E-state index contributed by atoms with van der Waals surface area (Å²) in [5.74, 6) is 0. The first-order valence-electron chi connectivity index (χ1n) is 4.59. The highest BCUT2D eigenvalue weighted by molar-refractivity contribution is 5.01. The highest BCUT2D eigenvalue weighted by Crippen LogP contribution is 2.07. The summed E-state index contributed by atoms with van der Waals surface area (Å²) in [5, 5.41) is 0. The maximum atomic E-state index is 5.72. The summed E-state index contributed by atoms with van der Waals surface area (Å²) in [6, 6.07) is 0.150. The van der Waals surface area contributed by atoms with Crippen molar-refractivity contribution in [3.63, 3.8) is 0 Å². The van der Waals surface area contributed by atoms with Gasteiger partial charge in [-0.05, 0) is 26.7 Å². The van der Waals surface area contributed by atoms with Gasteiger partial charge in [-0.3, -0.25) is 0 Å². The fourth-order valence-electron chi connectivity index (χ4n) is 0.648. The average Bonchev–Trinajstić information content (AvgIpc) is 2.03. The van der Waals surface area contributed by atoms with Crippen LogP contribution in [0.2, 0.25) is 0 Å². The predicted octanol–water partition coefficient (Wildman–Crippen LogP) is 3.27. The number of hydrogen-bond donors (Lipinski definition) is 1. The van der Waals surface area contributed by atoms with Crippen LogP contribution in [0.4, 0.5) is 0 Å². The van der Waals surface area contributed by atoms with Gasteiger partial charge >= 0.3 is 0 Å². The average molecular weight is 169 g/mol. The van der Waals surface area contributed by atoms with Gasteiger partial charge in [-0.15, -0.1) is 6.58 Å². The Labute approximate surface area is 77.4 Å². The Hall–Kier alpha value is -0.560. The summed E-state index contributed by atoms with van der Waals surface area (Å²) >= 11 is 0. The number of rotatable bonds is 4. The van der Waals surface area contributed by atoms with Crippen LogP contribution in [0.5, 0.6) is 0 Å². The first kappa shape index (κ1) is 14.0. The molecule has 0 heterocycles. The maximum Gasteiger partial charge on any atom is 0.0251 e. The van der Waals surface area contributed by atoms with Crippen molar-refractivity contribution >= 4 is 0 Å². The number of nitrogens with two attached hydrogens (primary N) is 1. The zero-order chi connectivity index (χ0) is 10.1. The van der Waals surface area contributed by atoms with Crippen LogP contribution in [0, 0.1) is 0 Å². The van der Waals surface area contributed by atoms with E-state index in [1.165, 1.54) is 5.57 Å².